The Bertz CT molecular complexity index is 740. The molecule has 1 saturated carbocycles. The predicted molar refractivity (Wildman–Crippen MR) is 132 cm³/mol. The average Bonchev–Trinajstić information content (AvgIpc) is 3.22. The maximum Gasteiger partial charge on any atom is 0.225 e. The van der Waals surface area contributed by atoms with Crippen LogP contribution >= 0.6 is 24.0 Å². The van der Waals surface area contributed by atoms with Crippen molar-refractivity contribution in [2.75, 3.05) is 26.2 Å². The third-order valence-corrected chi connectivity index (χ3v) is 5.86. The van der Waals surface area contributed by atoms with Crippen LogP contribution in [-0.2, 0) is 11.3 Å². The molecule has 1 aliphatic heterocycles. The Morgan fingerprint density at radius 2 is 2.00 bits per heavy atom. The third kappa shape index (κ3) is 7.50. The smallest absolute Gasteiger partial charge is 0.225 e. The van der Waals surface area contributed by atoms with Gasteiger partial charge < -0.3 is 20.3 Å². The number of carbonyl (C=O) groups is 1. The van der Waals surface area contributed by atoms with Gasteiger partial charge in [0.05, 0.1) is 13.2 Å². The van der Waals surface area contributed by atoms with Gasteiger partial charge in [0.25, 0.3) is 0 Å². The number of amides is 1. The average molecular weight is 546 g/mol. The summed E-state index contributed by atoms with van der Waals surface area (Å²) in [6, 6.07) is 5.14. The van der Waals surface area contributed by atoms with Crippen molar-refractivity contribution in [2.45, 2.75) is 65.0 Å². The summed E-state index contributed by atoms with van der Waals surface area (Å²) in [6.45, 7) is 6.91. The van der Waals surface area contributed by atoms with Crippen LogP contribution in [0.15, 0.2) is 23.2 Å². The van der Waals surface area contributed by atoms with Crippen LogP contribution in [0.3, 0.4) is 0 Å². The van der Waals surface area contributed by atoms with E-state index in [0.717, 1.165) is 44.5 Å². The molecule has 0 spiro atoms. The number of guanidine groups is 1. The van der Waals surface area contributed by atoms with Crippen molar-refractivity contribution in [3.05, 3.63) is 29.6 Å². The van der Waals surface area contributed by atoms with Crippen LogP contribution in [0.2, 0.25) is 0 Å². The number of nitrogens with one attached hydrogen (secondary N) is 2. The minimum absolute atomic E-state index is 0. The maximum atomic E-state index is 14.1. The number of carbonyl (C=O) groups excluding carboxylic acids is 1. The molecule has 1 aliphatic carbocycles. The summed E-state index contributed by atoms with van der Waals surface area (Å²) in [6.07, 6.45) is 6.60. The number of hydrogen-bond donors (Lipinski definition) is 2. The van der Waals surface area contributed by atoms with Gasteiger partial charge in [0, 0.05) is 31.6 Å². The lowest BCUT2D eigenvalue weighted by Crippen LogP contribution is -2.45. The van der Waals surface area contributed by atoms with Gasteiger partial charge in [-0.3, -0.25) is 4.79 Å². The summed E-state index contributed by atoms with van der Waals surface area (Å²) in [4.78, 5) is 19.4. The van der Waals surface area contributed by atoms with Crippen molar-refractivity contribution < 1.29 is 13.9 Å². The fourth-order valence-corrected chi connectivity index (χ4v) is 4.28. The molecule has 1 aromatic rings. The topological polar surface area (TPSA) is 66.0 Å². The molecule has 1 atom stereocenters. The van der Waals surface area contributed by atoms with Crippen molar-refractivity contribution in [3.8, 4) is 5.75 Å². The Morgan fingerprint density at radius 3 is 2.68 bits per heavy atom. The first kappa shape index (κ1) is 25.7. The lowest BCUT2D eigenvalue weighted by Gasteiger charge is -2.26. The zero-order valence-electron chi connectivity index (χ0n) is 18.7. The quantitative estimate of drug-likeness (QED) is 0.308. The van der Waals surface area contributed by atoms with E-state index in [-0.39, 0.29) is 47.5 Å². The maximum absolute atomic E-state index is 14.1. The highest BCUT2D eigenvalue weighted by molar-refractivity contribution is 14.0. The van der Waals surface area contributed by atoms with E-state index < -0.39 is 0 Å². The normalized spacial score (nSPS) is 19.6. The molecule has 174 valence electrons. The Balaban J connectivity index is 0.00000341. The highest BCUT2D eigenvalue weighted by Crippen LogP contribution is 2.26. The van der Waals surface area contributed by atoms with Gasteiger partial charge in [-0.25, -0.2) is 9.38 Å². The van der Waals surface area contributed by atoms with E-state index in [4.69, 9.17) is 4.74 Å². The molecule has 3 rings (SSSR count). The van der Waals surface area contributed by atoms with E-state index >= 15 is 0 Å². The molecule has 31 heavy (non-hydrogen) atoms. The molecular weight excluding hydrogens is 510 g/mol. The van der Waals surface area contributed by atoms with E-state index in [1.807, 2.05) is 24.8 Å². The lowest BCUT2D eigenvalue weighted by molar-refractivity contribution is -0.135. The minimum atomic E-state index is -0.366. The van der Waals surface area contributed by atoms with Gasteiger partial charge in [-0.05, 0) is 50.8 Å². The van der Waals surface area contributed by atoms with Gasteiger partial charge in [0.2, 0.25) is 5.91 Å². The van der Waals surface area contributed by atoms with Crippen LogP contribution < -0.4 is 15.4 Å². The Morgan fingerprint density at radius 1 is 1.23 bits per heavy atom. The largest absolute Gasteiger partial charge is 0.491 e. The number of likely N-dealkylation sites (tertiary alicyclic amines) is 1. The Hall–Kier alpha value is -1.58. The molecule has 6 nitrogen and oxygen atoms in total. The fraction of sp³-hybridized carbons (Fsp3) is 0.652. The Labute approximate surface area is 202 Å². The molecule has 2 fully saturated rings. The number of hydrogen-bond acceptors (Lipinski definition) is 3. The van der Waals surface area contributed by atoms with E-state index in [1.54, 1.807) is 6.07 Å². The van der Waals surface area contributed by atoms with Crippen LogP contribution in [0, 0.1) is 11.7 Å². The van der Waals surface area contributed by atoms with Crippen LogP contribution in [0.1, 0.15) is 57.9 Å². The van der Waals surface area contributed by atoms with Crippen LogP contribution in [0.25, 0.3) is 0 Å². The zero-order valence-corrected chi connectivity index (χ0v) is 21.0. The molecule has 1 heterocycles. The van der Waals surface area contributed by atoms with Gasteiger partial charge in [-0.15, -0.1) is 24.0 Å². The monoisotopic (exact) mass is 546 g/mol. The van der Waals surface area contributed by atoms with Gasteiger partial charge in [0.15, 0.2) is 17.5 Å². The summed E-state index contributed by atoms with van der Waals surface area (Å²) in [5.74, 6) is 1.14. The second kappa shape index (κ2) is 13.1. The second-order valence-electron chi connectivity index (χ2n) is 8.14. The van der Waals surface area contributed by atoms with E-state index in [2.05, 4.69) is 15.6 Å². The summed E-state index contributed by atoms with van der Waals surface area (Å²) >= 11 is 0. The molecule has 1 unspecified atom stereocenters. The predicted octanol–water partition coefficient (Wildman–Crippen LogP) is 4.08. The summed E-state index contributed by atoms with van der Waals surface area (Å²) in [7, 11) is 0. The zero-order chi connectivity index (χ0) is 21.3. The van der Waals surface area contributed by atoms with Gasteiger partial charge in [-0.1, -0.05) is 25.3 Å². The van der Waals surface area contributed by atoms with Gasteiger partial charge >= 0.3 is 0 Å². The molecule has 1 saturated heterocycles. The second-order valence-corrected chi connectivity index (χ2v) is 8.14. The fourth-order valence-electron chi connectivity index (χ4n) is 4.28. The van der Waals surface area contributed by atoms with E-state index in [9.17, 15) is 9.18 Å². The first-order valence-corrected chi connectivity index (χ1v) is 11.4. The summed E-state index contributed by atoms with van der Waals surface area (Å²) in [5, 5.41) is 6.70. The molecular formula is C23H36FIN4O2. The molecule has 1 aromatic carbocycles. The minimum Gasteiger partial charge on any atom is -0.491 e. The standard InChI is InChI=1S/C23H35FN4O2.HI/c1-3-25-23(26-15-17-10-11-21(30-4-2)20(24)14-17)27-19-12-13-28(16-19)22(29)18-8-6-5-7-9-18;/h10-11,14,18-19H,3-9,12-13,15-16H2,1-2H3,(H2,25,26,27);1H. The van der Waals surface area contributed by atoms with Crippen LogP contribution in [-0.4, -0.2) is 49.0 Å². The van der Waals surface area contributed by atoms with E-state index in [0.29, 0.717) is 25.0 Å². The first-order chi connectivity index (χ1) is 14.6. The number of nitrogens with zero attached hydrogens (tertiary/aromatic N) is 2. The third-order valence-electron chi connectivity index (χ3n) is 5.86. The first-order valence-electron chi connectivity index (χ1n) is 11.4. The van der Waals surface area contributed by atoms with Crippen molar-refractivity contribution in [2.24, 2.45) is 10.9 Å². The highest BCUT2D eigenvalue weighted by atomic mass is 127. The van der Waals surface area contributed by atoms with Crippen molar-refractivity contribution in [1.82, 2.24) is 15.5 Å². The number of benzene rings is 1. The van der Waals surface area contributed by atoms with Crippen molar-refractivity contribution in [1.29, 1.82) is 0 Å². The number of aliphatic imine (C=N–C) groups is 1. The van der Waals surface area contributed by atoms with E-state index in [1.165, 1.54) is 25.3 Å². The molecule has 0 radical (unpaired) electrons. The lowest BCUT2D eigenvalue weighted by atomic mass is 9.88. The van der Waals surface area contributed by atoms with Crippen LogP contribution in [0.5, 0.6) is 5.75 Å². The number of ether oxygens (including phenoxy) is 1. The molecule has 8 heteroatoms. The summed E-state index contributed by atoms with van der Waals surface area (Å²) in [5.41, 5.74) is 0.786. The summed E-state index contributed by atoms with van der Waals surface area (Å²) < 4.78 is 19.3. The van der Waals surface area contributed by atoms with Gasteiger partial charge in [0.1, 0.15) is 0 Å². The number of rotatable bonds is 7. The highest BCUT2D eigenvalue weighted by Gasteiger charge is 2.31. The number of halogens is 2. The van der Waals surface area contributed by atoms with Gasteiger partial charge in [-0.2, -0.15) is 0 Å². The molecule has 1 amide bonds. The molecule has 0 aromatic heterocycles. The molecule has 0 bridgehead atoms. The molecule has 2 aliphatic rings. The van der Waals surface area contributed by atoms with Crippen LogP contribution in [0.4, 0.5) is 4.39 Å². The Kier molecular flexibility index (Phi) is 10.8. The SMILES string of the molecule is CCNC(=NCc1ccc(OCC)c(F)c1)NC1CCN(C(=O)C2CCCCC2)C1.I. The van der Waals surface area contributed by atoms with Crippen molar-refractivity contribution in [3.63, 3.8) is 0 Å². The van der Waals surface area contributed by atoms with Crippen molar-refractivity contribution >= 4 is 35.8 Å². The molecule has 2 N–H and O–H groups in total.